The first-order valence-corrected chi connectivity index (χ1v) is 9.81. The van der Waals surface area contributed by atoms with E-state index >= 15 is 0 Å². The molecule has 0 saturated heterocycles. The van der Waals surface area contributed by atoms with Crippen LogP contribution in [-0.4, -0.2) is 42.0 Å². The van der Waals surface area contributed by atoms with E-state index in [1.165, 1.54) is 17.7 Å². The van der Waals surface area contributed by atoms with E-state index in [-0.39, 0.29) is 0 Å². The van der Waals surface area contributed by atoms with Gasteiger partial charge in [-0.1, -0.05) is 27.2 Å². The lowest BCUT2D eigenvalue weighted by Gasteiger charge is -2.12. The molecule has 0 aliphatic heterocycles. The zero-order valence-electron chi connectivity index (χ0n) is 16.8. The van der Waals surface area contributed by atoms with E-state index in [4.69, 9.17) is 9.73 Å². The number of guanidine groups is 1. The molecular weight excluding hydrogens is 314 g/mol. The lowest BCUT2D eigenvalue weighted by Crippen LogP contribution is -2.38. The minimum absolute atomic E-state index is 0.669. The Morgan fingerprint density at radius 3 is 2.48 bits per heavy atom. The van der Waals surface area contributed by atoms with Gasteiger partial charge >= 0.3 is 0 Å². The molecule has 0 aromatic carbocycles. The fourth-order valence-corrected chi connectivity index (χ4v) is 2.80. The molecule has 0 unspecified atom stereocenters. The number of nitrogens with one attached hydrogen (secondary N) is 2. The Hall–Kier alpha value is -1.56. The van der Waals surface area contributed by atoms with Gasteiger partial charge in [-0.05, 0) is 32.6 Å². The van der Waals surface area contributed by atoms with Crippen molar-refractivity contribution in [2.45, 2.75) is 66.3 Å². The Labute approximate surface area is 153 Å². The van der Waals surface area contributed by atoms with Crippen molar-refractivity contribution in [1.29, 1.82) is 0 Å². The standard InChI is InChI=1S/C19H37N5O/c1-6-10-13-25-14-11-12-21-19(20-9-4)22-15-16-17(7-2)23-24(5)18(16)8-3/h6-15H2,1-5H3,(H2,20,21,22). The average Bonchev–Trinajstić information content (AvgIpc) is 2.93. The van der Waals surface area contributed by atoms with Crippen LogP contribution in [0.3, 0.4) is 0 Å². The summed E-state index contributed by atoms with van der Waals surface area (Å²) in [6.45, 7) is 12.6. The SMILES string of the molecule is CCCCOCCCNC(=NCc1c(CC)nn(C)c1CC)NCC. The van der Waals surface area contributed by atoms with Crippen molar-refractivity contribution in [2.75, 3.05) is 26.3 Å². The molecule has 2 N–H and O–H groups in total. The Morgan fingerprint density at radius 1 is 1.08 bits per heavy atom. The smallest absolute Gasteiger partial charge is 0.191 e. The number of aryl methyl sites for hydroxylation is 2. The summed E-state index contributed by atoms with van der Waals surface area (Å²) in [5.74, 6) is 0.865. The van der Waals surface area contributed by atoms with Crippen molar-refractivity contribution in [1.82, 2.24) is 20.4 Å². The molecule has 6 nitrogen and oxygen atoms in total. The van der Waals surface area contributed by atoms with Gasteiger partial charge in [0.1, 0.15) is 0 Å². The second-order valence-electron chi connectivity index (χ2n) is 6.14. The van der Waals surface area contributed by atoms with Gasteiger partial charge in [-0.2, -0.15) is 5.10 Å². The molecule has 1 rings (SSSR count). The van der Waals surface area contributed by atoms with Crippen LogP contribution in [0.4, 0.5) is 0 Å². The van der Waals surface area contributed by atoms with Crippen molar-refractivity contribution in [2.24, 2.45) is 12.0 Å². The maximum Gasteiger partial charge on any atom is 0.191 e. The molecule has 0 aliphatic rings. The summed E-state index contributed by atoms with van der Waals surface area (Å²) >= 11 is 0. The highest BCUT2D eigenvalue weighted by Gasteiger charge is 2.13. The third-order valence-corrected chi connectivity index (χ3v) is 4.17. The zero-order valence-corrected chi connectivity index (χ0v) is 16.8. The van der Waals surface area contributed by atoms with E-state index < -0.39 is 0 Å². The largest absolute Gasteiger partial charge is 0.381 e. The Balaban J connectivity index is 2.55. The van der Waals surface area contributed by atoms with Crippen LogP contribution in [0.2, 0.25) is 0 Å². The number of hydrogen-bond acceptors (Lipinski definition) is 3. The second-order valence-corrected chi connectivity index (χ2v) is 6.14. The third kappa shape index (κ3) is 7.46. The molecule has 1 aromatic rings. The van der Waals surface area contributed by atoms with E-state index in [0.717, 1.165) is 63.6 Å². The highest BCUT2D eigenvalue weighted by molar-refractivity contribution is 5.79. The summed E-state index contributed by atoms with van der Waals surface area (Å²) in [4.78, 5) is 4.76. The monoisotopic (exact) mass is 351 g/mol. The van der Waals surface area contributed by atoms with Crippen LogP contribution in [0.1, 0.15) is 63.9 Å². The molecular formula is C19H37N5O. The van der Waals surface area contributed by atoms with Gasteiger partial charge in [0.2, 0.25) is 0 Å². The van der Waals surface area contributed by atoms with E-state index in [0.29, 0.717) is 6.54 Å². The summed E-state index contributed by atoms with van der Waals surface area (Å²) in [5, 5.41) is 11.3. The Morgan fingerprint density at radius 2 is 1.84 bits per heavy atom. The first-order valence-electron chi connectivity index (χ1n) is 9.81. The minimum atomic E-state index is 0.669. The van der Waals surface area contributed by atoms with Crippen LogP contribution >= 0.6 is 0 Å². The van der Waals surface area contributed by atoms with Crippen LogP contribution in [0, 0.1) is 0 Å². The fourth-order valence-electron chi connectivity index (χ4n) is 2.80. The van der Waals surface area contributed by atoms with Crippen LogP contribution in [0.5, 0.6) is 0 Å². The third-order valence-electron chi connectivity index (χ3n) is 4.17. The molecule has 0 bridgehead atoms. The first kappa shape index (κ1) is 21.5. The molecule has 0 spiro atoms. The van der Waals surface area contributed by atoms with Crippen molar-refractivity contribution in [3.05, 3.63) is 17.0 Å². The molecule has 1 aromatic heterocycles. The van der Waals surface area contributed by atoms with Crippen molar-refractivity contribution < 1.29 is 4.74 Å². The fraction of sp³-hybridized carbons (Fsp3) is 0.789. The van der Waals surface area contributed by atoms with Gasteiger partial charge in [-0.3, -0.25) is 4.68 Å². The first-order chi connectivity index (χ1) is 12.2. The average molecular weight is 352 g/mol. The van der Waals surface area contributed by atoms with Gasteiger partial charge in [0.05, 0.1) is 12.2 Å². The van der Waals surface area contributed by atoms with Gasteiger partial charge in [0.15, 0.2) is 5.96 Å². The lowest BCUT2D eigenvalue weighted by molar-refractivity contribution is 0.129. The normalized spacial score (nSPS) is 11.8. The van der Waals surface area contributed by atoms with Gasteiger partial charge in [0.25, 0.3) is 0 Å². The maximum absolute atomic E-state index is 5.60. The Bertz CT molecular complexity index is 510. The topological polar surface area (TPSA) is 63.5 Å². The predicted molar refractivity (Wildman–Crippen MR) is 105 cm³/mol. The number of aromatic nitrogens is 2. The number of unbranched alkanes of at least 4 members (excludes halogenated alkanes) is 1. The zero-order chi connectivity index (χ0) is 18.5. The van der Waals surface area contributed by atoms with Crippen LogP contribution in [-0.2, 0) is 31.2 Å². The molecule has 0 atom stereocenters. The van der Waals surface area contributed by atoms with Crippen molar-refractivity contribution in [3.8, 4) is 0 Å². The quantitative estimate of drug-likeness (QED) is 0.345. The molecule has 0 saturated carbocycles. The highest BCUT2D eigenvalue weighted by atomic mass is 16.5. The van der Waals surface area contributed by atoms with E-state index in [2.05, 4.69) is 43.4 Å². The second kappa shape index (κ2) is 12.8. The summed E-state index contributed by atoms with van der Waals surface area (Å²) in [7, 11) is 2.02. The predicted octanol–water partition coefficient (Wildman–Crippen LogP) is 2.81. The lowest BCUT2D eigenvalue weighted by atomic mass is 10.1. The number of hydrogen-bond donors (Lipinski definition) is 2. The van der Waals surface area contributed by atoms with Crippen LogP contribution in [0.25, 0.3) is 0 Å². The van der Waals surface area contributed by atoms with E-state index in [1.807, 2.05) is 11.7 Å². The van der Waals surface area contributed by atoms with Crippen molar-refractivity contribution in [3.63, 3.8) is 0 Å². The summed E-state index contributed by atoms with van der Waals surface area (Å²) in [5.41, 5.74) is 3.71. The number of rotatable bonds is 12. The molecule has 0 amide bonds. The summed E-state index contributed by atoms with van der Waals surface area (Å²) < 4.78 is 7.59. The van der Waals surface area contributed by atoms with Gasteiger partial charge < -0.3 is 15.4 Å². The summed E-state index contributed by atoms with van der Waals surface area (Å²) in [6.07, 6.45) is 5.23. The molecule has 1 heterocycles. The van der Waals surface area contributed by atoms with Gasteiger partial charge in [0, 0.05) is 44.6 Å². The summed E-state index contributed by atoms with van der Waals surface area (Å²) in [6, 6.07) is 0. The minimum Gasteiger partial charge on any atom is -0.381 e. The van der Waals surface area contributed by atoms with Crippen molar-refractivity contribution >= 4 is 5.96 Å². The van der Waals surface area contributed by atoms with Crippen LogP contribution < -0.4 is 10.6 Å². The number of nitrogens with zero attached hydrogens (tertiary/aromatic N) is 3. The van der Waals surface area contributed by atoms with E-state index in [1.54, 1.807) is 0 Å². The molecule has 6 heteroatoms. The molecule has 144 valence electrons. The van der Waals surface area contributed by atoms with E-state index in [9.17, 15) is 0 Å². The van der Waals surface area contributed by atoms with Crippen LogP contribution in [0.15, 0.2) is 4.99 Å². The highest BCUT2D eigenvalue weighted by Crippen LogP contribution is 2.16. The molecule has 0 fully saturated rings. The van der Waals surface area contributed by atoms with Gasteiger partial charge in [-0.15, -0.1) is 0 Å². The molecule has 0 aliphatic carbocycles. The van der Waals surface area contributed by atoms with Gasteiger partial charge in [-0.25, -0.2) is 4.99 Å². The molecule has 25 heavy (non-hydrogen) atoms. The molecule has 0 radical (unpaired) electrons. The number of aliphatic imine (C=N–C) groups is 1. The number of ether oxygens (including phenoxy) is 1. The Kier molecular flexibility index (Phi) is 11.0. The maximum atomic E-state index is 5.60.